The summed E-state index contributed by atoms with van der Waals surface area (Å²) in [6.07, 6.45) is 0.559. The zero-order valence-corrected chi connectivity index (χ0v) is 8.75. The van der Waals surface area contributed by atoms with E-state index in [9.17, 15) is 9.18 Å². The highest BCUT2D eigenvalue weighted by Crippen LogP contribution is 2.29. The van der Waals surface area contributed by atoms with Crippen molar-refractivity contribution < 1.29 is 18.7 Å². The van der Waals surface area contributed by atoms with Gasteiger partial charge in [-0.25, -0.2) is 0 Å². The van der Waals surface area contributed by atoms with Crippen LogP contribution in [0.1, 0.15) is 24.2 Å². The molecule has 0 aliphatic carbocycles. The summed E-state index contributed by atoms with van der Waals surface area (Å²) in [5.74, 6) is -0.562. The number of aldehydes is 1. The van der Waals surface area contributed by atoms with Gasteiger partial charge in [-0.05, 0) is 26.0 Å². The molecule has 0 radical (unpaired) electrons. The fourth-order valence-corrected chi connectivity index (χ4v) is 1.20. The number of ether oxygens (including phenoxy) is 2. The molecule has 0 aliphatic heterocycles. The Bertz CT molecular complexity index is 350. The fourth-order valence-electron chi connectivity index (χ4n) is 1.20. The monoisotopic (exact) mass is 212 g/mol. The molecule has 4 heteroatoms. The third-order valence-corrected chi connectivity index (χ3v) is 1.81. The second kappa shape index (κ2) is 5.34. The molecule has 3 nitrogen and oxygen atoms in total. The SMILES string of the molecule is CCOc1ccc(C=O)c(OCC)c1F. The van der Waals surface area contributed by atoms with E-state index in [1.54, 1.807) is 13.8 Å². The second-order valence-electron chi connectivity index (χ2n) is 2.78. The van der Waals surface area contributed by atoms with Gasteiger partial charge in [-0.15, -0.1) is 0 Å². The van der Waals surface area contributed by atoms with Gasteiger partial charge in [0.15, 0.2) is 17.8 Å². The van der Waals surface area contributed by atoms with Crippen LogP contribution >= 0.6 is 0 Å². The zero-order valence-electron chi connectivity index (χ0n) is 8.75. The van der Waals surface area contributed by atoms with E-state index in [1.165, 1.54) is 12.1 Å². The first-order chi connectivity index (χ1) is 7.24. The summed E-state index contributed by atoms with van der Waals surface area (Å²) < 4.78 is 23.8. The molecule has 1 aromatic carbocycles. The molecule has 0 N–H and O–H groups in total. The molecule has 0 bridgehead atoms. The van der Waals surface area contributed by atoms with E-state index in [2.05, 4.69) is 0 Å². The van der Waals surface area contributed by atoms with Crippen molar-refractivity contribution in [1.82, 2.24) is 0 Å². The van der Waals surface area contributed by atoms with Crippen LogP contribution in [-0.4, -0.2) is 19.5 Å². The van der Waals surface area contributed by atoms with Gasteiger partial charge in [0.05, 0.1) is 18.8 Å². The maximum atomic E-state index is 13.7. The van der Waals surface area contributed by atoms with Crippen molar-refractivity contribution in [3.63, 3.8) is 0 Å². The lowest BCUT2D eigenvalue weighted by molar-refractivity contribution is 0.111. The molecule has 82 valence electrons. The third-order valence-electron chi connectivity index (χ3n) is 1.81. The first kappa shape index (κ1) is 11.5. The number of carbonyl (C=O) groups excluding carboxylic acids is 1. The molecule has 0 heterocycles. The summed E-state index contributed by atoms with van der Waals surface area (Å²) in [4.78, 5) is 10.6. The van der Waals surface area contributed by atoms with Gasteiger partial charge in [0, 0.05) is 0 Å². The van der Waals surface area contributed by atoms with Crippen LogP contribution in [0.15, 0.2) is 12.1 Å². The Balaban J connectivity index is 3.16. The van der Waals surface area contributed by atoms with Crippen LogP contribution in [-0.2, 0) is 0 Å². The van der Waals surface area contributed by atoms with Crippen LogP contribution in [0.4, 0.5) is 4.39 Å². The van der Waals surface area contributed by atoms with Gasteiger partial charge >= 0.3 is 0 Å². The van der Waals surface area contributed by atoms with E-state index in [-0.39, 0.29) is 17.1 Å². The summed E-state index contributed by atoms with van der Waals surface area (Å²) in [5.41, 5.74) is 0.192. The Kier molecular flexibility index (Phi) is 4.09. The smallest absolute Gasteiger partial charge is 0.207 e. The molecule has 1 aromatic rings. The predicted octanol–water partition coefficient (Wildman–Crippen LogP) is 2.44. The Morgan fingerprint density at radius 3 is 2.47 bits per heavy atom. The van der Waals surface area contributed by atoms with Crippen molar-refractivity contribution in [2.24, 2.45) is 0 Å². The first-order valence-electron chi connectivity index (χ1n) is 4.77. The normalized spacial score (nSPS) is 9.80. The largest absolute Gasteiger partial charge is 0.491 e. The minimum Gasteiger partial charge on any atom is -0.491 e. The van der Waals surface area contributed by atoms with Gasteiger partial charge in [0.2, 0.25) is 5.82 Å². The molecule has 1 rings (SSSR count). The lowest BCUT2D eigenvalue weighted by Crippen LogP contribution is -2.02. The highest BCUT2D eigenvalue weighted by atomic mass is 19.1. The van der Waals surface area contributed by atoms with Crippen LogP contribution in [0.25, 0.3) is 0 Å². The summed E-state index contributed by atoms with van der Waals surface area (Å²) in [7, 11) is 0. The number of hydrogen-bond acceptors (Lipinski definition) is 3. The van der Waals surface area contributed by atoms with Crippen molar-refractivity contribution in [3.05, 3.63) is 23.5 Å². The van der Waals surface area contributed by atoms with Crippen molar-refractivity contribution in [1.29, 1.82) is 0 Å². The summed E-state index contributed by atoms with van der Waals surface area (Å²) in [5, 5.41) is 0. The number of hydrogen-bond donors (Lipinski definition) is 0. The van der Waals surface area contributed by atoms with E-state index < -0.39 is 5.82 Å². The molecular weight excluding hydrogens is 199 g/mol. The molecule has 0 atom stereocenters. The van der Waals surface area contributed by atoms with Gasteiger partial charge in [-0.1, -0.05) is 0 Å². The average Bonchev–Trinajstić information content (AvgIpc) is 2.25. The molecule has 0 spiro atoms. The molecule has 15 heavy (non-hydrogen) atoms. The molecule has 0 saturated carbocycles. The average molecular weight is 212 g/mol. The van der Waals surface area contributed by atoms with Crippen LogP contribution in [0.5, 0.6) is 11.5 Å². The number of carbonyl (C=O) groups is 1. The van der Waals surface area contributed by atoms with E-state index in [0.717, 1.165) is 0 Å². The molecule has 0 saturated heterocycles. The molecular formula is C11H13FO3. The molecule has 0 amide bonds. The first-order valence-corrected chi connectivity index (χ1v) is 4.77. The van der Waals surface area contributed by atoms with Gasteiger partial charge in [-0.2, -0.15) is 4.39 Å². The van der Waals surface area contributed by atoms with E-state index in [4.69, 9.17) is 9.47 Å². The number of benzene rings is 1. The molecule has 0 unspecified atom stereocenters. The Morgan fingerprint density at radius 1 is 1.27 bits per heavy atom. The molecule has 0 aromatic heterocycles. The van der Waals surface area contributed by atoms with Crippen LogP contribution in [0.3, 0.4) is 0 Å². The Hall–Kier alpha value is -1.58. The predicted molar refractivity (Wildman–Crippen MR) is 54.1 cm³/mol. The molecule has 0 fully saturated rings. The standard InChI is InChI=1S/C11H13FO3/c1-3-14-9-6-5-8(7-13)11(10(9)12)15-4-2/h5-7H,3-4H2,1-2H3. The zero-order chi connectivity index (χ0) is 11.3. The van der Waals surface area contributed by atoms with Gasteiger partial charge < -0.3 is 9.47 Å². The summed E-state index contributed by atoms with van der Waals surface area (Å²) >= 11 is 0. The van der Waals surface area contributed by atoms with Crippen molar-refractivity contribution in [2.45, 2.75) is 13.8 Å². The fraction of sp³-hybridized carbons (Fsp3) is 0.364. The lowest BCUT2D eigenvalue weighted by Gasteiger charge is -2.11. The maximum absolute atomic E-state index is 13.7. The van der Waals surface area contributed by atoms with Crippen molar-refractivity contribution in [3.8, 4) is 11.5 Å². The summed E-state index contributed by atoms with van der Waals surface area (Å²) in [6, 6.07) is 2.90. The van der Waals surface area contributed by atoms with E-state index >= 15 is 0 Å². The highest BCUT2D eigenvalue weighted by Gasteiger charge is 2.14. The van der Waals surface area contributed by atoms with Crippen LogP contribution in [0, 0.1) is 5.82 Å². The van der Waals surface area contributed by atoms with Gasteiger partial charge in [-0.3, -0.25) is 4.79 Å². The van der Waals surface area contributed by atoms with Crippen LogP contribution in [0.2, 0.25) is 0 Å². The topological polar surface area (TPSA) is 35.5 Å². The van der Waals surface area contributed by atoms with Gasteiger partial charge in [0.1, 0.15) is 0 Å². The van der Waals surface area contributed by atoms with E-state index in [1.807, 2.05) is 0 Å². The lowest BCUT2D eigenvalue weighted by atomic mass is 10.2. The minimum absolute atomic E-state index is 0.0431. The van der Waals surface area contributed by atoms with Crippen molar-refractivity contribution in [2.75, 3.05) is 13.2 Å². The Morgan fingerprint density at radius 2 is 1.93 bits per heavy atom. The van der Waals surface area contributed by atoms with Crippen LogP contribution < -0.4 is 9.47 Å². The van der Waals surface area contributed by atoms with Gasteiger partial charge in [0.25, 0.3) is 0 Å². The molecule has 0 aliphatic rings. The highest BCUT2D eigenvalue weighted by molar-refractivity contribution is 5.80. The van der Waals surface area contributed by atoms with E-state index in [0.29, 0.717) is 19.5 Å². The summed E-state index contributed by atoms with van der Waals surface area (Å²) in [6.45, 7) is 4.14. The number of rotatable bonds is 5. The number of halogens is 1. The Labute approximate surface area is 87.8 Å². The maximum Gasteiger partial charge on any atom is 0.207 e. The third kappa shape index (κ3) is 2.46. The quantitative estimate of drug-likeness (QED) is 0.703. The second-order valence-corrected chi connectivity index (χ2v) is 2.78. The minimum atomic E-state index is -0.622. The van der Waals surface area contributed by atoms with Crippen molar-refractivity contribution >= 4 is 6.29 Å².